The molecule has 2 aliphatic heterocycles. The van der Waals surface area contributed by atoms with Gasteiger partial charge in [-0.1, -0.05) is 15.9 Å². The SMILES string of the molecule is CC1(C(=O)N2CCN(CCBr)CC2)CCCO1. The summed E-state index contributed by atoms with van der Waals surface area (Å²) in [5.41, 5.74) is -0.544. The Balaban J connectivity index is 1.86. The molecule has 0 aliphatic carbocycles. The largest absolute Gasteiger partial charge is 0.365 e. The van der Waals surface area contributed by atoms with Gasteiger partial charge in [0.2, 0.25) is 0 Å². The van der Waals surface area contributed by atoms with Gasteiger partial charge in [-0.05, 0) is 19.8 Å². The van der Waals surface area contributed by atoms with Gasteiger partial charge in [-0.25, -0.2) is 0 Å². The Hall–Kier alpha value is -0.130. The molecular weight excluding hydrogens is 284 g/mol. The molecule has 5 heteroatoms. The number of alkyl halides is 1. The van der Waals surface area contributed by atoms with Crippen LogP contribution in [0.15, 0.2) is 0 Å². The summed E-state index contributed by atoms with van der Waals surface area (Å²) in [5, 5.41) is 1.00. The summed E-state index contributed by atoms with van der Waals surface area (Å²) in [5.74, 6) is 0.188. The molecule has 1 unspecified atom stereocenters. The van der Waals surface area contributed by atoms with E-state index in [4.69, 9.17) is 4.74 Å². The molecule has 2 heterocycles. The number of nitrogens with zero attached hydrogens (tertiary/aromatic N) is 2. The molecule has 0 aromatic carbocycles. The molecular formula is C12H21BrN2O2. The fourth-order valence-corrected chi connectivity index (χ4v) is 3.08. The zero-order valence-corrected chi connectivity index (χ0v) is 12.0. The van der Waals surface area contributed by atoms with Crippen molar-refractivity contribution < 1.29 is 9.53 Å². The van der Waals surface area contributed by atoms with Gasteiger partial charge in [0.15, 0.2) is 0 Å². The summed E-state index contributed by atoms with van der Waals surface area (Å²) >= 11 is 3.45. The molecule has 4 nitrogen and oxygen atoms in total. The number of halogens is 1. The Morgan fingerprint density at radius 3 is 2.59 bits per heavy atom. The zero-order valence-electron chi connectivity index (χ0n) is 10.5. The van der Waals surface area contributed by atoms with E-state index in [0.717, 1.165) is 57.5 Å². The van der Waals surface area contributed by atoms with E-state index in [1.54, 1.807) is 0 Å². The van der Waals surface area contributed by atoms with Crippen LogP contribution in [0.4, 0.5) is 0 Å². The van der Waals surface area contributed by atoms with E-state index in [1.165, 1.54) is 0 Å². The molecule has 0 spiro atoms. The molecule has 1 amide bonds. The summed E-state index contributed by atoms with van der Waals surface area (Å²) in [4.78, 5) is 16.7. The lowest BCUT2D eigenvalue weighted by Gasteiger charge is -2.38. The van der Waals surface area contributed by atoms with Crippen LogP contribution in [0.5, 0.6) is 0 Å². The van der Waals surface area contributed by atoms with Crippen LogP contribution >= 0.6 is 15.9 Å². The van der Waals surface area contributed by atoms with Crippen LogP contribution < -0.4 is 0 Å². The van der Waals surface area contributed by atoms with Gasteiger partial charge in [-0.15, -0.1) is 0 Å². The Morgan fingerprint density at radius 2 is 2.06 bits per heavy atom. The molecule has 0 saturated carbocycles. The van der Waals surface area contributed by atoms with E-state index in [1.807, 2.05) is 11.8 Å². The van der Waals surface area contributed by atoms with Gasteiger partial charge in [0.25, 0.3) is 5.91 Å². The first-order valence-corrected chi connectivity index (χ1v) is 7.49. The zero-order chi connectivity index (χ0) is 12.3. The van der Waals surface area contributed by atoms with Crippen LogP contribution in [0.25, 0.3) is 0 Å². The molecule has 2 fully saturated rings. The van der Waals surface area contributed by atoms with E-state index >= 15 is 0 Å². The van der Waals surface area contributed by atoms with Gasteiger partial charge >= 0.3 is 0 Å². The first-order chi connectivity index (χ1) is 8.15. The Bertz CT molecular complexity index is 272. The van der Waals surface area contributed by atoms with Gasteiger partial charge in [0, 0.05) is 44.7 Å². The highest BCUT2D eigenvalue weighted by Gasteiger charge is 2.41. The van der Waals surface area contributed by atoms with Crippen molar-refractivity contribution in [2.24, 2.45) is 0 Å². The summed E-state index contributed by atoms with van der Waals surface area (Å²) in [6.45, 7) is 7.37. The quantitative estimate of drug-likeness (QED) is 0.732. The van der Waals surface area contributed by atoms with Crippen molar-refractivity contribution in [3.05, 3.63) is 0 Å². The highest BCUT2D eigenvalue weighted by Crippen LogP contribution is 2.27. The summed E-state index contributed by atoms with van der Waals surface area (Å²) in [6.07, 6.45) is 1.87. The molecule has 2 rings (SSSR count). The molecule has 98 valence electrons. The van der Waals surface area contributed by atoms with Crippen molar-refractivity contribution in [3.8, 4) is 0 Å². The minimum absolute atomic E-state index is 0.188. The normalized spacial score (nSPS) is 30.8. The van der Waals surface area contributed by atoms with E-state index in [0.29, 0.717) is 0 Å². The second kappa shape index (κ2) is 5.67. The Kier molecular flexibility index (Phi) is 4.44. The van der Waals surface area contributed by atoms with E-state index in [-0.39, 0.29) is 5.91 Å². The fraction of sp³-hybridized carbons (Fsp3) is 0.917. The Morgan fingerprint density at radius 1 is 1.35 bits per heavy atom. The number of ether oxygens (including phenoxy) is 1. The third-order valence-corrected chi connectivity index (χ3v) is 4.09. The number of amides is 1. The van der Waals surface area contributed by atoms with E-state index in [2.05, 4.69) is 20.8 Å². The minimum Gasteiger partial charge on any atom is -0.365 e. The van der Waals surface area contributed by atoms with Crippen molar-refractivity contribution in [2.45, 2.75) is 25.4 Å². The van der Waals surface area contributed by atoms with Crippen LogP contribution in [0.3, 0.4) is 0 Å². The van der Waals surface area contributed by atoms with Gasteiger partial charge in [0.05, 0.1) is 0 Å². The van der Waals surface area contributed by atoms with Gasteiger partial charge in [-0.3, -0.25) is 9.69 Å². The predicted molar refractivity (Wildman–Crippen MR) is 70.4 cm³/mol. The maximum atomic E-state index is 12.4. The van der Waals surface area contributed by atoms with Crippen molar-refractivity contribution in [1.82, 2.24) is 9.80 Å². The van der Waals surface area contributed by atoms with Crippen LogP contribution in [0.1, 0.15) is 19.8 Å². The lowest BCUT2D eigenvalue weighted by molar-refractivity contribution is -0.152. The van der Waals surface area contributed by atoms with E-state index < -0.39 is 5.60 Å². The maximum Gasteiger partial charge on any atom is 0.254 e. The number of hydrogen-bond donors (Lipinski definition) is 0. The topological polar surface area (TPSA) is 32.8 Å². The van der Waals surface area contributed by atoms with Crippen molar-refractivity contribution in [2.75, 3.05) is 44.7 Å². The standard InChI is InChI=1S/C12H21BrN2O2/c1-12(3-2-10-17-12)11(16)15-8-6-14(5-4-13)7-9-15/h2-10H2,1H3. The number of carbonyl (C=O) groups excluding carboxylic acids is 1. The second-order valence-electron chi connectivity index (χ2n) is 5.01. The monoisotopic (exact) mass is 304 g/mol. The van der Waals surface area contributed by atoms with Gasteiger partial charge in [0.1, 0.15) is 5.60 Å². The molecule has 2 aliphatic rings. The molecule has 0 aromatic rings. The second-order valence-corrected chi connectivity index (χ2v) is 5.80. The Labute approximate surface area is 111 Å². The third kappa shape index (κ3) is 3.01. The molecule has 0 bridgehead atoms. The highest BCUT2D eigenvalue weighted by molar-refractivity contribution is 9.09. The predicted octanol–water partition coefficient (Wildman–Crippen LogP) is 1.09. The van der Waals surface area contributed by atoms with Crippen molar-refractivity contribution in [1.29, 1.82) is 0 Å². The third-order valence-electron chi connectivity index (χ3n) is 3.73. The lowest BCUT2D eigenvalue weighted by atomic mass is 10.0. The van der Waals surface area contributed by atoms with Crippen molar-refractivity contribution in [3.63, 3.8) is 0 Å². The fourth-order valence-electron chi connectivity index (χ4n) is 2.58. The number of carbonyl (C=O) groups is 1. The molecule has 2 saturated heterocycles. The first kappa shape index (κ1) is 13.3. The minimum atomic E-state index is -0.544. The number of hydrogen-bond acceptors (Lipinski definition) is 3. The highest BCUT2D eigenvalue weighted by atomic mass is 79.9. The van der Waals surface area contributed by atoms with Gasteiger partial charge < -0.3 is 9.64 Å². The molecule has 0 N–H and O–H groups in total. The van der Waals surface area contributed by atoms with Crippen LogP contribution in [0.2, 0.25) is 0 Å². The summed E-state index contributed by atoms with van der Waals surface area (Å²) < 4.78 is 5.62. The van der Waals surface area contributed by atoms with Crippen LogP contribution in [0, 0.1) is 0 Å². The van der Waals surface area contributed by atoms with Crippen LogP contribution in [-0.4, -0.2) is 66.0 Å². The van der Waals surface area contributed by atoms with Gasteiger partial charge in [-0.2, -0.15) is 0 Å². The number of rotatable bonds is 3. The average molecular weight is 305 g/mol. The average Bonchev–Trinajstić information content (AvgIpc) is 2.78. The van der Waals surface area contributed by atoms with Crippen LogP contribution in [-0.2, 0) is 9.53 Å². The number of piperazine rings is 1. The molecule has 0 aromatic heterocycles. The molecule has 1 atom stereocenters. The summed E-state index contributed by atoms with van der Waals surface area (Å²) in [7, 11) is 0. The lowest BCUT2D eigenvalue weighted by Crippen LogP contribution is -2.54. The van der Waals surface area contributed by atoms with Crippen molar-refractivity contribution >= 4 is 21.8 Å². The summed E-state index contributed by atoms with van der Waals surface area (Å²) in [6, 6.07) is 0. The van der Waals surface area contributed by atoms with E-state index in [9.17, 15) is 4.79 Å². The maximum absolute atomic E-state index is 12.4. The smallest absolute Gasteiger partial charge is 0.254 e. The molecule has 17 heavy (non-hydrogen) atoms. The first-order valence-electron chi connectivity index (χ1n) is 6.37. The molecule has 0 radical (unpaired) electrons.